The molecular formula is C16H28O2. The molecule has 0 aliphatic heterocycles. The van der Waals surface area contributed by atoms with Crippen molar-refractivity contribution in [1.82, 2.24) is 0 Å². The maximum atomic E-state index is 12.5. The number of carbonyl (C=O) groups excluding carboxylic acids is 1. The quantitative estimate of drug-likeness (QED) is 0.710. The third kappa shape index (κ3) is 3.81. The molecule has 0 saturated heterocycles. The molecule has 0 radical (unpaired) electrons. The highest BCUT2D eigenvalue weighted by molar-refractivity contribution is 5.83. The van der Waals surface area contributed by atoms with Gasteiger partial charge >= 0.3 is 0 Å². The van der Waals surface area contributed by atoms with Gasteiger partial charge in [0.1, 0.15) is 6.10 Å². The van der Waals surface area contributed by atoms with E-state index in [1.165, 1.54) is 57.8 Å². The van der Waals surface area contributed by atoms with Crippen LogP contribution in [0, 0.1) is 11.8 Å². The zero-order valence-corrected chi connectivity index (χ0v) is 11.8. The van der Waals surface area contributed by atoms with Crippen LogP contribution < -0.4 is 0 Å². The normalized spacial score (nSPS) is 24.3. The van der Waals surface area contributed by atoms with E-state index < -0.39 is 0 Å². The fourth-order valence-corrected chi connectivity index (χ4v) is 3.72. The van der Waals surface area contributed by atoms with E-state index in [0.717, 1.165) is 6.42 Å². The molecular weight excluding hydrogens is 224 g/mol. The van der Waals surface area contributed by atoms with Gasteiger partial charge in [0.05, 0.1) is 0 Å². The Kier molecular flexibility index (Phi) is 5.68. The predicted octanol–water partition coefficient (Wildman–Crippen LogP) is 4.12. The van der Waals surface area contributed by atoms with Gasteiger partial charge in [0.2, 0.25) is 0 Å². The average Bonchev–Trinajstić information content (AvgIpc) is 2.89. The molecule has 2 nitrogen and oxygen atoms in total. The molecule has 2 saturated carbocycles. The van der Waals surface area contributed by atoms with Crippen molar-refractivity contribution in [3.8, 4) is 0 Å². The second kappa shape index (κ2) is 7.28. The Morgan fingerprint density at radius 2 is 1.67 bits per heavy atom. The van der Waals surface area contributed by atoms with E-state index in [9.17, 15) is 4.79 Å². The summed E-state index contributed by atoms with van der Waals surface area (Å²) in [7, 11) is 0. The lowest BCUT2D eigenvalue weighted by Gasteiger charge is -2.29. The molecule has 0 bridgehead atoms. The van der Waals surface area contributed by atoms with Crippen molar-refractivity contribution >= 4 is 5.78 Å². The molecule has 2 aliphatic carbocycles. The highest BCUT2D eigenvalue weighted by atomic mass is 16.5. The van der Waals surface area contributed by atoms with Gasteiger partial charge < -0.3 is 4.74 Å². The van der Waals surface area contributed by atoms with Gasteiger partial charge in [0.15, 0.2) is 5.78 Å². The summed E-state index contributed by atoms with van der Waals surface area (Å²) < 4.78 is 5.80. The molecule has 2 fully saturated rings. The van der Waals surface area contributed by atoms with Crippen LogP contribution in [0.25, 0.3) is 0 Å². The summed E-state index contributed by atoms with van der Waals surface area (Å²) in [5.41, 5.74) is 0. The number of Topliss-reactive ketones (excluding diaryl/α,β-unsaturated/α-hetero) is 1. The van der Waals surface area contributed by atoms with Gasteiger partial charge in [-0.15, -0.1) is 0 Å². The monoisotopic (exact) mass is 252 g/mol. The molecule has 0 spiro atoms. The third-order valence-corrected chi connectivity index (χ3v) is 4.71. The van der Waals surface area contributed by atoms with E-state index >= 15 is 0 Å². The van der Waals surface area contributed by atoms with Crippen LogP contribution in [0.3, 0.4) is 0 Å². The van der Waals surface area contributed by atoms with Crippen LogP contribution in [0.5, 0.6) is 0 Å². The Balaban J connectivity index is 1.87. The van der Waals surface area contributed by atoms with Crippen LogP contribution in [-0.2, 0) is 9.53 Å². The van der Waals surface area contributed by atoms with Gasteiger partial charge in [-0.1, -0.05) is 44.9 Å². The standard InChI is InChI=1S/C16H28O2/c1-2-18-16(14-10-4-3-5-11-14)15(17)12-13-8-6-7-9-13/h13-14,16H,2-12H2,1H3. The highest BCUT2D eigenvalue weighted by Crippen LogP contribution is 2.32. The van der Waals surface area contributed by atoms with Crippen LogP contribution >= 0.6 is 0 Å². The molecule has 0 N–H and O–H groups in total. The molecule has 0 amide bonds. The minimum absolute atomic E-state index is 0.0871. The van der Waals surface area contributed by atoms with Crippen molar-refractivity contribution in [2.75, 3.05) is 6.61 Å². The number of carbonyl (C=O) groups is 1. The smallest absolute Gasteiger partial charge is 0.162 e. The molecule has 0 aromatic rings. The summed E-state index contributed by atoms with van der Waals surface area (Å²) in [6.45, 7) is 2.69. The van der Waals surface area contributed by atoms with Gasteiger partial charge in [-0.3, -0.25) is 4.79 Å². The van der Waals surface area contributed by atoms with Crippen molar-refractivity contribution in [3.63, 3.8) is 0 Å². The fourth-order valence-electron chi connectivity index (χ4n) is 3.72. The zero-order chi connectivity index (χ0) is 12.8. The maximum absolute atomic E-state index is 12.5. The largest absolute Gasteiger partial charge is 0.370 e. The third-order valence-electron chi connectivity index (χ3n) is 4.71. The first kappa shape index (κ1) is 14.0. The summed E-state index contributed by atoms with van der Waals surface area (Å²) in [6, 6.07) is 0. The van der Waals surface area contributed by atoms with E-state index in [4.69, 9.17) is 4.74 Å². The zero-order valence-electron chi connectivity index (χ0n) is 11.8. The van der Waals surface area contributed by atoms with Gasteiger partial charge in [0, 0.05) is 13.0 Å². The summed E-state index contributed by atoms with van der Waals surface area (Å²) >= 11 is 0. The summed E-state index contributed by atoms with van der Waals surface area (Å²) in [5, 5.41) is 0. The fraction of sp³-hybridized carbons (Fsp3) is 0.938. The average molecular weight is 252 g/mol. The van der Waals surface area contributed by atoms with Crippen molar-refractivity contribution < 1.29 is 9.53 Å². The van der Waals surface area contributed by atoms with E-state index in [-0.39, 0.29) is 6.10 Å². The molecule has 1 unspecified atom stereocenters. The van der Waals surface area contributed by atoms with Crippen molar-refractivity contribution in [1.29, 1.82) is 0 Å². The first-order valence-corrected chi connectivity index (χ1v) is 7.95. The minimum Gasteiger partial charge on any atom is -0.370 e. The Labute approximate surface area is 111 Å². The Hall–Kier alpha value is -0.370. The molecule has 18 heavy (non-hydrogen) atoms. The number of hydrogen-bond donors (Lipinski definition) is 0. The Morgan fingerprint density at radius 1 is 1.06 bits per heavy atom. The van der Waals surface area contributed by atoms with E-state index in [0.29, 0.717) is 24.2 Å². The minimum atomic E-state index is -0.0871. The molecule has 0 aromatic heterocycles. The van der Waals surface area contributed by atoms with Crippen LogP contribution in [0.4, 0.5) is 0 Å². The summed E-state index contributed by atoms with van der Waals surface area (Å²) in [4.78, 5) is 12.5. The summed E-state index contributed by atoms with van der Waals surface area (Å²) in [5.74, 6) is 1.56. The Bertz CT molecular complexity index is 250. The first-order chi connectivity index (χ1) is 8.81. The van der Waals surface area contributed by atoms with Crippen LogP contribution in [0.15, 0.2) is 0 Å². The number of rotatable bonds is 6. The lowest BCUT2D eigenvalue weighted by Crippen LogP contribution is -2.34. The Morgan fingerprint density at radius 3 is 2.28 bits per heavy atom. The topological polar surface area (TPSA) is 26.3 Å². The SMILES string of the molecule is CCOC(C(=O)CC1CCCC1)C1CCCCC1. The van der Waals surface area contributed by atoms with Gasteiger partial charge in [-0.05, 0) is 31.6 Å². The van der Waals surface area contributed by atoms with Crippen LogP contribution in [-0.4, -0.2) is 18.5 Å². The second-order valence-corrected chi connectivity index (χ2v) is 6.09. The lowest BCUT2D eigenvalue weighted by molar-refractivity contribution is -0.135. The lowest BCUT2D eigenvalue weighted by atomic mass is 9.82. The van der Waals surface area contributed by atoms with Crippen LogP contribution in [0.2, 0.25) is 0 Å². The molecule has 104 valence electrons. The molecule has 2 rings (SSSR count). The number of ether oxygens (including phenoxy) is 1. The molecule has 2 heteroatoms. The first-order valence-electron chi connectivity index (χ1n) is 7.95. The van der Waals surface area contributed by atoms with E-state index in [2.05, 4.69) is 0 Å². The second-order valence-electron chi connectivity index (χ2n) is 6.09. The molecule has 0 aromatic carbocycles. The van der Waals surface area contributed by atoms with Gasteiger partial charge in [0.25, 0.3) is 0 Å². The molecule has 0 heterocycles. The highest BCUT2D eigenvalue weighted by Gasteiger charge is 2.31. The van der Waals surface area contributed by atoms with Crippen molar-refractivity contribution in [2.45, 2.75) is 77.2 Å². The summed E-state index contributed by atoms with van der Waals surface area (Å²) in [6.07, 6.45) is 12.1. The van der Waals surface area contributed by atoms with Crippen molar-refractivity contribution in [3.05, 3.63) is 0 Å². The number of hydrogen-bond acceptors (Lipinski definition) is 2. The van der Waals surface area contributed by atoms with E-state index in [1.807, 2.05) is 6.92 Å². The molecule has 2 aliphatic rings. The predicted molar refractivity (Wildman–Crippen MR) is 73.6 cm³/mol. The van der Waals surface area contributed by atoms with Crippen molar-refractivity contribution in [2.24, 2.45) is 11.8 Å². The van der Waals surface area contributed by atoms with Gasteiger partial charge in [-0.25, -0.2) is 0 Å². The van der Waals surface area contributed by atoms with Crippen LogP contribution in [0.1, 0.15) is 71.1 Å². The maximum Gasteiger partial charge on any atom is 0.162 e. The van der Waals surface area contributed by atoms with Gasteiger partial charge in [-0.2, -0.15) is 0 Å². The molecule has 1 atom stereocenters. The van der Waals surface area contributed by atoms with E-state index in [1.54, 1.807) is 0 Å². The number of ketones is 1.